The van der Waals surface area contributed by atoms with Gasteiger partial charge in [0.05, 0.1) is 12.6 Å². The summed E-state index contributed by atoms with van der Waals surface area (Å²) < 4.78 is 98.4. The van der Waals surface area contributed by atoms with Crippen LogP contribution in [0.5, 0.6) is 0 Å². The van der Waals surface area contributed by atoms with E-state index in [1.807, 2.05) is 5.32 Å². The number of nitrogens with one attached hydrogen (secondary N) is 2. The van der Waals surface area contributed by atoms with Crippen molar-refractivity contribution in [1.82, 2.24) is 44.7 Å². The first kappa shape index (κ1) is 31.1. The van der Waals surface area contributed by atoms with Gasteiger partial charge in [-0.1, -0.05) is 11.6 Å². The molecule has 1 unspecified atom stereocenters. The number of hydrogen-bond acceptors (Lipinski definition) is 7. The van der Waals surface area contributed by atoms with Crippen LogP contribution in [0.4, 0.5) is 30.7 Å². The van der Waals surface area contributed by atoms with Crippen LogP contribution in [0.25, 0.3) is 17.2 Å². The Morgan fingerprint density at radius 2 is 1.82 bits per heavy atom. The van der Waals surface area contributed by atoms with Crippen LogP contribution in [0.1, 0.15) is 17.8 Å². The average Bonchev–Trinajstić information content (AvgIpc) is 3.68. The topological polar surface area (TPSA) is 125 Å². The predicted molar refractivity (Wildman–Crippen MR) is 139 cm³/mol. The molecule has 3 aromatic heterocycles. The first-order chi connectivity index (χ1) is 20.7. The molecular formula is C25H21ClF7N9O2. The zero-order valence-electron chi connectivity index (χ0n) is 22.1. The average molecular weight is 648 g/mol. The van der Waals surface area contributed by atoms with E-state index in [-0.39, 0.29) is 30.2 Å². The van der Waals surface area contributed by atoms with Crippen molar-refractivity contribution in [2.24, 2.45) is 0 Å². The predicted octanol–water partition coefficient (Wildman–Crippen LogP) is 3.16. The van der Waals surface area contributed by atoms with Crippen LogP contribution in [0, 0.1) is 0 Å². The molecule has 19 heteroatoms. The van der Waals surface area contributed by atoms with E-state index in [1.54, 1.807) is 0 Å². The number of pyridine rings is 1. The van der Waals surface area contributed by atoms with Gasteiger partial charge in [-0.2, -0.15) is 26.3 Å². The van der Waals surface area contributed by atoms with Gasteiger partial charge in [-0.25, -0.2) is 28.5 Å². The lowest BCUT2D eigenvalue weighted by Gasteiger charge is -2.24. The third kappa shape index (κ3) is 6.75. The highest BCUT2D eigenvalue weighted by atomic mass is 35.5. The molecule has 1 saturated heterocycles. The third-order valence-corrected chi connectivity index (χ3v) is 6.89. The fourth-order valence-corrected chi connectivity index (χ4v) is 4.63. The number of carbonyl (C=O) groups excluding carboxylic acids is 1. The van der Waals surface area contributed by atoms with Crippen molar-refractivity contribution in [3.8, 4) is 17.2 Å². The summed E-state index contributed by atoms with van der Waals surface area (Å²) in [5.74, 6) is -2.12. The molecule has 4 heterocycles. The van der Waals surface area contributed by atoms with Crippen LogP contribution in [0.2, 0.25) is 5.02 Å². The first-order valence-corrected chi connectivity index (χ1v) is 13.2. The van der Waals surface area contributed by atoms with Gasteiger partial charge in [0.2, 0.25) is 5.91 Å². The number of alkyl halides is 7. The molecule has 2 N–H and O–H groups in total. The highest BCUT2D eigenvalue weighted by Gasteiger charge is 2.43. The molecule has 0 aliphatic carbocycles. The Morgan fingerprint density at radius 3 is 2.45 bits per heavy atom. The summed E-state index contributed by atoms with van der Waals surface area (Å²) >= 11 is 5.93. The number of nitrogens with zero attached hydrogens (tertiary/aromatic N) is 7. The SMILES string of the molecule is O=C(NC(Cn1c(-c2ccc(Cl)cc2)nn(Cc2ncn(-c3ncccc3C(F)(F)F)n2)c1=O)C(F)(F)F)[C@@H]1C[C@@H](F)CN1. The molecule has 1 fully saturated rings. The fraction of sp³-hybridized carbons (Fsp3) is 0.360. The van der Waals surface area contributed by atoms with Crippen molar-refractivity contribution in [2.75, 3.05) is 6.54 Å². The van der Waals surface area contributed by atoms with E-state index in [2.05, 4.69) is 25.5 Å². The molecule has 3 atom stereocenters. The monoisotopic (exact) mass is 647 g/mol. The summed E-state index contributed by atoms with van der Waals surface area (Å²) in [6, 6.07) is 3.77. The lowest BCUT2D eigenvalue weighted by atomic mass is 10.1. The minimum Gasteiger partial charge on any atom is -0.342 e. The Bertz CT molecular complexity index is 1700. The number of halogens is 8. The standard InChI is InChI=1S/C25H21ClF7N9O2/c26-14-5-3-13(4-6-14)20-39-41(11-19-36-12-42(38-19)21-16(24(28,29)30)2-1-7-34-21)23(44)40(20)10-18(25(31,32)33)37-22(43)17-8-15(27)9-35-17/h1-7,12,15,17-18,35H,8-11H2,(H,37,43)/t15-,17+,18?/m1/s1. The van der Waals surface area contributed by atoms with E-state index < -0.39 is 66.7 Å². The van der Waals surface area contributed by atoms with E-state index in [4.69, 9.17) is 11.6 Å². The maximum atomic E-state index is 14.1. The Kier molecular flexibility index (Phi) is 8.48. The van der Waals surface area contributed by atoms with Crippen LogP contribution in [-0.4, -0.2) is 71.0 Å². The van der Waals surface area contributed by atoms with Crippen LogP contribution in [0.3, 0.4) is 0 Å². The van der Waals surface area contributed by atoms with Gasteiger partial charge in [-0.3, -0.25) is 9.36 Å². The van der Waals surface area contributed by atoms with E-state index in [0.717, 1.165) is 34.0 Å². The normalized spacial score (nSPS) is 18.0. The number of rotatable bonds is 8. The van der Waals surface area contributed by atoms with E-state index in [0.29, 0.717) is 9.59 Å². The molecule has 1 aliphatic rings. The highest BCUT2D eigenvalue weighted by Crippen LogP contribution is 2.32. The summed E-state index contributed by atoms with van der Waals surface area (Å²) in [7, 11) is 0. The van der Waals surface area contributed by atoms with Crippen molar-refractivity contribution in [3.05, 3.63) is 75.8 Å². The molecule has 0 bridgehead atoms. The van der Waals surface area contributed by atoms with Gasteiger partial charge >= 0.3 is 18.0 Å². The van der Waals surface area contributed by atoms with Crippen LogP contribution in [-0.2, 0) is 24.1 Å². The maximum absolute atomic E-state index is 14.1. The second-order valence-electron chi connectivity index (χ2n) is 9.76. The van der Waals surface area contributed by atoms with Gasteiger partial charge in [-0.05, 0) is 36.4 Å². The molecule has 11 nitrogen and oxygen atoms in total. The van der Waals surface area contributed by atoms with Crippen molar-refractivity contribution in [3.63, 3.8) is 0 Å². The summed E-state index contributed by atoms with van der Waals surface area (Å²) in [6.45, 7) is -1.84. The molecular weight excluding hydrogens is 627 g/mol. The van der Waals surface area contributed by atoms with Crippen LogP contribution < -0.4 is 16.3 Å². The number of aromatic nitrogens is 7. The molecule has 4 aromatic rings. The van der Waals surface area contributed by atoms with Crippen LogP contribution in [0.15, 0.2) is 53.7 Å². The smallest absolute Gasteiger partial charge is 0.342 e. The van der Waals surface area contributed by atoms with Gasteiger partial charge in [0.25, 0.3) is 0 Å². The Morgan fingerprint density at radius 1 is 1.09 bits per heavy atom. The zero-order valence-corrected chi connectivity index (χ0v) is 22.9. The molecule has 0 spiro atoms. The van der Waals surface area contributed by atoms with Crippen molar-refractivity contribution in [2.45, 2.75) is 50.1 Å². The number of hydrogen-bond donors (Lipinski definition) is 2. The van der Waals surface area contributed by atoms with Crippen molar-refractivity contribution >= 4 is 17.5 Å². The second kappa shape index (κ2) is 12.0. The van der Waals surface area contributed by atoms with Gasteiger partial charge in [0.1, 0.15) is 30.6 Å². The minimum atomic E-state index is -5.03. The molecule has 1 aromatic carbocycles. The first-order valence-electron chi connectivity index (χ1n) is 12.8. The lowest BCUT2D eigenvalue weighted by Crippen LogP contribution is -2.53. The van der Waals surface area contributed by atoms with E-state index in [1.165, 1.54) is 24.3 Å². The number of benzene rings is 1. The van der Waals surface area contributed by atoms with Gasteiger partial charge in [0, 0.05) is 29.7 Å². The third-order valence-electron chi connectivity index (χ3n) is 6.64. The Balaban J connectivity index is 1.48. The largest absolute Gasteiger partial charge is 0.420 e. The maximum Gasteiger partial charge on any atom is 0.420 e. The van der Waals surface area contributed by atoms with Crippen molar-refractivity contribution < 1.29 is 35.5 Å². The quantitative estimate of drug-likeness (QED) is 0.282. The van der Waals surface area contributed by atoms with Crippen LogP contribution >= 0.6 is 11.6 Å². The second-order valence-corrected chi connectivity index (χ2v) is 10.2. The molecule has 1 aliphatic heterocycles. The van der Waals surface area contributed by atoms with Gasteiger partial charge < -0.3 is 10.6 Å². The molecule has 1 amide bonds. The summed E-state index contributed by atoms with van der Waals surface area (Å²) in [5.41, 5.74) is -1.97. The molecule has 0 saturated carbocycles. The van der Waals surface area contributed by atoms with Gasteiger partial charge in [-0.15, -0.1) is 10.2 Å². The van der Waals surface area contributed by atoms with Crippen molar-refractivity contribution in [1.29, 1.82) is 0 Å². The molecule has 5 rings (SSSR count). The van der Waals surface area contributed by atoms with E-state index in [9.17, 15) is 40.3 Å². The Labute approximate surface area is 247 Å². The number of carbonyl (C=O) groups is 1. The Hall–Kier alpha value is -4.32. The summed E-state index contributed by atoms with van der Waals surface area (Å²) in [5, 5.41) is 12.7. The summed E-state index contributed by atoms with van der Waals surface area (Å²) in [4.78, 5) is 33.5. The molecule has 0 radical (unpaired) electrons. The fourth-order valence-electron chi connectivity index (χ4n) is 4.51. The van der Waals surface area contributed by atoms with E-state index >= 15 is 0 Å². The summed E-state index contributed by atoms with van der Waals surface area (Å²) in [6.07, 6.45) is -9.45. The molecule has 234 valence electrons. The minimum absolute atomic E-state index is 0.191. The zero-order chi connectivity index (χ0) is 31.8. The lowest BCUT2D eigenvalue weighted by molar-refractivity contribution is -0.164. The van der Waals surface area contributed by atoms with Gasteiger partial charge in [0.15, 0.2) is 17.5 Å². The highest BCUT2D eigenvalue weighted by molar-refractivity contribution is 6.30. The molecule has 44 heavy (non-hydrogen) atoms. The number of amides is 1.